The highest BCUT2D eigenvalue weighted by atomic mass is 35.5. The average molecular weight is 382 g/mol. The van der Waals surface area contributed by atoms with E-state index in [9.17, 15) is 4.79 Å². The van der Waals surface area contributed by atoms with Crippen LogP contribution in [0.5, 0.6) is 5.75 Å². The lowest BCUT2D eigenvalue weighted by molar-refractivity contribution is 0.0954. The molecule has 0 fully saturated rings. The third-order valence-corrected chi connectivity index (χ3v) is 4.25. The molecule has 0 saturated carbocycles. The number of carbonyl (C=O) groups excluding carboxylic acids is 1. The van der Waals surface area contributed by atoms with Crippen LogP contribution in [0.1, 0.15) is 15.9 Å². The third kappa shape index (κ3) is 5.21. The fraction of sp³-hybridized carbons (Fsp3) is 0.143. The number of amides is 1. The van der Waals surface area contributed by atoms with Gasteiger partial charge in [0.25, 0.3) is 5.91 Å². The lowest BCUT2D eigenvalue weighted by Crippen LogP contribution is -2.25. The average Bonchev–Trinajstić information content (AvgIpc) is 2.70. The molecule has 0 spiro atoms. The second kappa shape index (κ2) is 9.05. The predicted octanol–water partition coefficient (Wildman–Crippen LogP) is 4.46. The summed E-state index contributed by atoms with van der Waals surface area (Å²) in [7, 11) is 1.61. The van der Waals surface area contributed by atoms with Gasteiger partial charge >= 0.3 is 0 Å². The van der Waals surface area contributed by atoms with Crippen LogP contribution in [0.25, 0.3) is 0 Å². The Balaban J connectivity index is 1.60. The van der Waals surface area contributed by atoms with Gasteiger partial charge in [-0.3, -0.25) is 9.78 Å². The second-order valence-electron chi connectivity index (χ2n) is 5.92. The van der Waals surface area contributed by atoms with Gasteiger partial charge in [-0.1, -0.05) is 35.9 Å². The standard InChI is InChI=1S/C21H20ClN3O2/c1-27-20-5-3-2-4-19(20)25-18-12-16(13-23-14-18)21(26)24-11-10-15-6-8-17(22)9-7-15/h2-9,12-14,25H,10-11H2,1H3,(H,24,26). The van der Waals surface area contributed by atoms with Gasteiger partial charge in [0.15, 0.2) is 0 Å². The van der Waals surface area contributed by atoms with Crippen LogP contribution < -0.4 is 15.4 Å². The fourth-order valence-corrected chi connectivity index (χ4v) is 2.74. The van der Waals surface area contributed by atoms with Crippen molar-refractivity contribution in [3.63, 3.8) is 0 Å². The van der Waals surface area contributed by atoms with Crippen molar-refractivity contribution in [2.45, 2.75) is 6.42 Å². The number of carbonyl (C=O) groups is 1. The molecule has 3 rings (SSSR count). The smallest absolute Gasteiger partial charge is 0.252 e. The van der Waals surface area contributed by atoms with Gasteiger partial charge in [0.1, 0.15) is 5.75 Å². The van der Waals surface area contributed by atoms with Crippen LogP contribution in [-0.2, 0) is 6.42 Å². The maximum atomic E-state index is 12.4. The molecule has 5 nitrogen and oxygen atoms in total. The number of nitrogens with one attached hydrogen (secondary N) is 2. The molecule has 2 N–H and O–H groups in total. The van der Waals surface area contributed by atoms with Crippen molar-refractivity contribution >= 4 is 28.9 Å². The predicted molar refractivity (Wildman–Crippen MR) is 108 cm³/mol. The number of ether oxygens (including phenoxy) is 1. The number of aromatic nitrogens is 1. The van der Waals surface area contributed by atoms with E-state index in [2.05, 4.69) is 15.6 Å². The highest BCUT2D eigenvalue weighted by Crippen LogP contribution is 2.26. The molecule has 0 radical (unpaired) electrons. The van der Waals surface area contributed by atoms with Gasteiger partial charge < -0.3 is 15.4 Å². The van der Waals surface area contributed by atoms with Gasteiger partial charge in [0, 0.05) is 17.8 Å². The number of pyridine rings is 1. The molecule has 0 aliphatic carbocycles. The van der Waals surface area contributed by atoms with Crippen molar-refractivity contribution in [2.75, 3.05) is 19.0 Å². The quantitative estimate of drug-likeness (QED) is 0.634. The summed E-state index contributed by atoms with van der Waals surface area (Å²) in [5, 5.41) is 6.84. The Kier molecular flexibility index (Phi) is 6.28. The number of hydrogen-bond donors (Lipinski definition) is 2. The second-order valence-corrected chi connectivity index (χ2v) is 6.36. The fourth-order valence-electron chi connectivity index (χ4n) is 2.61. The summed E-state index contributed by atoms with van der Waals surface area (Å²) in [4.78, 5) is 16.5. The first-order valence-corrected chi connectivity index (χ1v) is 8.91. The van der Waals surface area contributed by atoms with Crippen molar-refractivity contribution in [3.05, 3.63) is 83.1 Å². The number of hydrogen-bond acceptors (Lipinski definition) is 4. The van der Waals surface area contributed by atoms with E-state index in [-0.39, 0.29) is 5.91 Å². The Labute approximate surface area is 163 Å². The SMILES string of the molecule is COc1ccccc1Nc1cncc(C(=O)NCCc2ccc(Cl)cc2)c1. The van der Waals surface area contributed by atoms with E-state index in [4.69, 9.17) is 16.3 Å². The molecule has 138 valence electrons. The van der Waals surface area contributed by atoms with Gasteiger partial charge in [0.05, 0.1) is 30.2 Å². The van der Waals surface area contributed by atoms with Crippen LogP contribution in [0.3, 0.4) is 0 Å². The minimum atomic E-state index is -0.167. The van der Waals surface area contributed by atoms with E-state index in [0.29, 0.717) is 22.8 Å². The van der Waals surface area contributed by atoms with E-state index in [1.54, 1.807) is 25.6 Å². The maximum Gasteiger partial charge on any atom is 0.252 e. The van der Waals surface area contributed by atoms with E-state index >= 15 is 0 Å². The first-order chi connectivity index (χ1) is 13.2. The zero-order chi connectivity index (χ0) is 19.1. The van der Waals surface area contributed by atoms with Gasteiger partial charge in [-0.05, 0) is 42.3 Å². The zero-order valence-electron chi connectivity index (χ0n) is 14.9. The van der Waals surface area contributed by atoms with E-state index < -0.39 is 0 Å². The zero-order valence-corrected chi connectivity index (χ0v) is 15.7. The first kappa shape index (κ1) is 18.7. The summed E-state index contributed by atoms with van der Waals surface area (Å²) in [5.74, 6) is 0.551. The molecule has 1 heterocycles. The molecule has 0 aliphatic heterocycles. The Morgan fingerprint density at radius 1 is 1.11 bits per heavy atom. The maximum absolute atomic E-state index is 12.4. The Hall–Kier alpha value is -3.05. The molecule has 1 amide bonds. The van der Waals surface area contributed by atoms with Crippen LogP contribution >= 0.6 is 11.6 Å². The van der Waals surface area contributed by atoms with Gasteiger partial charge in [-0.15, -0.1) is 0 Å². The number of rotatable bonds is 7. The van der Waals surface area contributed by atoms with Gasteiger partial charge in [-0.25, -0.2) is 0 Å². The van der Waals surface area contributed by atoms with Crippen LogP contribution in [0.4, 0.5) is 11.4 Å². The van der Waals surface area contributed by atoms with E-state index in [1.807, 2.05) is 48.5 Å². The number of halogens is 1. The number of para-hydroxylation sites is 2. The summed E-state index contributed by atoms with van der Waals surface area (Å²) in [6.07, 6.45) is 3.94. The summed E-state index contributed by atoms with van der Waals surface area (Å²) >= 11 is 5.88. The monoisotopic (exact) mass is 381 g/mol. The highest BCUT2D eigenvalue weighted by molar-refractivity contribution is 6.30. The molecular weight excluding hydrogens is 362 g/mol. The number of nitrogens with zero attached hydrogens (tertiary/aromatic N) is 1. The molecular formula is C21H20ClN3O2. The van der Waals surface area contributed by atoms with Crippen molar-refractivity contribution < 1.29 is 9.53 Å². The van der Waals surface area contributed by atoms with Crippen molar-refractivity contribution in [1.82, 2.24) is 10.3 Å². The molecule has 0 unspecified atom stereocenters. The molecule has 6 heteroatoms. The first-order valence-electron chi connectivity index (χ1n) is 8.53. The molecule has 2 aromatic carbocycles. The number of benzene rings is 2. The van der Waals surface area contributed by atoms with Crippen LogP contribution in [0.2, 0.25) is 5.02 Å². The lowest BCUT2D eigenvalue weighted by atomic mass is 10.1. The Bertz CT molecular complexity index is 913. The van der Waals surface area contributed by atoms with Crippen LogP contribution in [-0.4, -0.2) is 24.5 Å². The molecule has 27 heavy (non-hydrogen) atoms. The number of anilines is 2. The lowest BCUT2D eigenvalue weighted by Gasteiger charge is -2.11. The van der Waals surface area contributed by atoms with Crippen molar-refractivity contribution in [3.8, 4) is 5.75 Å². The highest BCUT2D eigenvalue weighted by Gasteiger charge is 2.08. The minimum absolute atomic E-state index is 0.167. The molecule has 0 atom stereocenters. The number of methoxy groups -OCH3 is 1. The third-order valence-electron chi connectivity index (χ3n) is 4.00. The topological polar surface area (TPSA) is 63.2 Å². The normalized spacial score (nSPS) is 10.3. The molecule has 0 saturated heterocycles. The summed E-state index contributed by atoms with van der Waals surface area (Å²) in [6, 6.07) is 16.9. The summed E-state index contributed by atoms with van der Waals surface area (Å²) in [5.41, 5.74) is 3.13. The summed E-state index contributed by atoms with van der Waals surface area (Å²) < 4.78 is 5.33. The Morgan fingerprint density at radius 3 is 2.67 bits per heavy atom. The van der Waals surface area contributed by atoms with Crippen LogP contribution in [0.15, 0.2) is 67.0 Å². The Morgan fingerprint density at radius 2 is 1.89 bits per heavy atom. The van der Waals surface area contributed by atoms with Gasteiger partial charge in [0.2, 0.25) is 0 Å². The van der Waals surface area contributed by atoms with Crippen molar-refractivity contribution in [2.24, 2.45) is 0 Å². The molecule has 1 aromatic heterocycles. The van der Waals surface area contributed by atoms with Crippen molar-refractivity contribution in [1.29, 1.82) is 0 Å². The largest absolute Gasteiger partial charge is 0.495 e. The molecule has 0 bridgehead atoms. The van der Waals surface area contributed by atoms with Gasteiger partial charge in [-0.2, -0.15) is 0 Å². The minimum Gasteiger partial charge on any atom is -0.495 e. The van der Waals surface area contributed by atoms with Crippen LogP contribution in [0, 0.1) is 0 Å². The van der Waals surface area contributed by atoms with E-state index in [0.717, 1.165) is 23.4 Å². The molecule has 0 aliphatic rings. The summed E-state index contributed by atoms with van der Waals surface area (Å²) in [6.45, 7) is 0.532. The van der Waals surface area contributed by atoms with E-state index in [1.165, 1.54) is 0 Å². The molecule has 3 aromatic rings.